The second kappa shape index (κ2) is 6.29. The van der Waals surface area contributed by atoms with Crippen molar-refractivity contribution >= 4 is 11.5 Å². The van der Waals surface area contributed by atoms with Gasteiger partial charge in [0.2, 0.25) is 5.82 Å². The minimum Gasteiger partial charge on any atom is -0.434 e. The minimum atomic E-state index is -0.600. The van der Waals surface area contributed by atoms with Gasteiger partial charge in [-0.05, 0) is 31.2 Å². The molecule has 106 valence electrons. The third-order valence-corrected chi connectivity index (χ3v) is 2.51. The second-order valence-electron chi connectivity index (χ2n) is 3.90. The van der Waals surface area contributed by atoms with E-state index < -0.39 is 4.92 Å². The molecule has 0 saturated heterocycles. The summed E-state index contributed by atoms with van der Waals surface area (Å²) in [6.45, 7) is 2.28. The molecule has 0 saturated carbocycles. The Balaban J connectivity index is 2.36. The van der Waals surface area contributed by atoms with E-state index in [2.05, 4.69) is 15.3 Å². The van der Waals surface area contributed by atoms with Crippen LogP contribution in [0.15, 0.2) is 30.6 Å². The highest BCUT2D eigenvalue weighted by Crippen LogP contribution is 2.33. The standard InChI is InChI=1S/C13H11N5O3/c1-2-15-12-11(18(19)20)13(17-8-16-12)21-10-5-3-9(7-14)4-6-10/h3-6,8H,2H2,1H3,(H,15,16,17). The van der Waals surface area contributed by atoms with Crippen LogP contribution in [0.4, 0.5) is 11.5 Å². The van der Waals surface area contributed by atoms with Gasteiger partial charge in [0.25, 0.3) is 0 Å². The summed E-state index contributed by atoms with van der Waals surface area (Å²) >= 11 is 0. The van der Waals surface area contributed by atoms with E-state index in [1.807, 2.05) is 6.07 Å². The lowest BCUT2D eigenvalue weighted by Crippen LogP contribution is -2.06. The smallest absolute Gasteiger partial charge is 0.373 e. The van der Waals surface area contributed by atoms with Crippen molar-refractivity contribution < 1.29 is 9.66 Å². The Labute approximate surface area is 120 Å². The highest BCUT2D eigenvalue weighted by atomic mass is 16.6. The van der Waals surface area contributed by atoms with Crippen molar-refractivity contribution in [2.24, 2.45) is 0 Å². The fourth-order valence-corrected chi connectivity index (χ4v) is 1.61. The molecule has 0 bridgehead atoms. The summed E-state index contributed by atoms with van der Waals surface area (Å²) in [6.07, 6.45) is 1.18. The molecule has 8 heteroatoms. The van der Waals surface area contributed by atoms with E-state index in [4.69, 9.17) is 10.00 Å². The molecule has 0 aliphatic carbocycles. The summed E-state index contributed by atoms with van der Waals surface area (Å²) in [6, 6.07) is 8.15. The van der Waals surface area contributed by atoms with Crippen LogP contribution in [0.25, 0.3) is 0 Å². The number of nitro groups is 1. The minimum absolute atomic E-state index is 0.0983. The van der Waals surface area contributed by atoms with Gasteiger partial charge in [0.1, 0.15) is 12.1 Å². The quantitative estimate of drug-likeness (QED) is 0.662. The molecular weight excluding hydrogens is 274 g/mol. The highest BCUT2D eigenvalue weighted by molar-refractivity contribution is 5.61. The average molecular weight is 285 g/mol. The maximum absolute atomic E-state index is 11.2. The molecular formula is C13H11N5O3. The van der Waals surface area contributed by atoms with Crippen LogP contribution >= 0.6 is 0 Å². The predicted octanol–water partition coefficient (Wildman–Crippen LogP) is 2.48. The number of ether oxygens (including phenoxy) is 1. The van der Waals surface area contributed by atoms with Crippen LogP contribution in [0.3, 0.4) is 0 Å². The van der Waals surface area contributed by atoms with Gasteiger partial charge in [-0.1, -0.05) is 0 Å². The zero-order valence-electron chi connectivity index (χ0n) is 11.1. The van der Waals surface area contributed by atoms with Crippen molar-refractivity contribution in [2.75, 3.05) is 11.9 Å². The Kier molecular flexibility index (Phi) is 4.26. The molecule has 0 aliphatic heterocycles. The summed E-state index contributed by atoms with van der Waals surface area (Å²) in [7, 11) is 0. The normalized spacial score (nSPS) is 9.71. The third kappa shape index (κ3) is 3.22. The van der Waals surface area contributed by atoms with E-state index in [0.717, 1.165) is 0 Å². The topological polar surface area (TPSA) is 114 Å². The Hall–Kier alpha value is -3.21. The highest BCUT2D eigenvalue weighted by Gasteiger charge is 2.24. The van der Waals surface area contributed by atoms with Gasteiger partial charge in [-0.3, -0.25) is 10.1 Å². The third-order valence-electron chi connectivity index (χ3n) is 2.51. The fourth-order valence-electron chi connectivity index (χ4n) is 1.61. The number of anilines is 1. The van der Waals surface area contributed by atoms with Crippen molar-refractivity contribution in [1.29, 1.82) is 5.26 Å². The zero-order valence-corrected chi connectivity index (χ0v) is 11.1. The average Bonchev–Trinajstić information content (AvgIpc) is 2.48. The Bertz CT molecular complexity index is 694. The maximum Gasteiger partial charge on any atom is 0.373 e. The van der Waals surface area contributed by atoms with Gasteiger partial charge < -0.3 is 10.1 Å². The van der Waals surface area contributed by atoms with E-state index in [1.165, 1.54) is 18.5 Å². The number of nitrogens with zero attached hydrogens (tertiary/aromatic N) is 4. The molecule has 0 spiro atoms. The van der Waals surface area contributed by atoms with Gasteiger partial charge >= 0.3 is 11.6 Å². The lowest BCUT2D eigenvalue weighted by Gasteiger charge is -2.08. The number of hydrogen-bond acceptors (Lipinski definition) is 7. The second-order valence-corrected chi connectivity index (χ2v) is 3.90. The van der Waals surface area contributed by atoms with Gasteiger partial charge in [-0.15, -0.1) is 0 Å². The van der Waals surface area contributed by atoms with Crippen LogP contribution in [0, 0.1) is 21.4 Å². The first-order valence-corrected chi connectivity index (χ1v) is 6.07. The number of rotatable bonds is 5. The molecule has 0 amide bonds. The Morgan fingerprint density at radius 3 is 2.67 bits per heavy atom. The monoisotopic (exact) mass is 285 g/mol. The molecule has 0 radical (unpaired) electrons. The van der Waals surface area contributed by atoms with Gasteiger partial charge in [0, 0.05) is 6.54 Å². The summed E-state index contributed by atoms with van der Waals surface area (Å²) in [5, 5.41) is 22.7. The van der Waals surface area contributed by atoms with E-state index in [0.29, 0.717) is 17.9 Å². The zero-order chi connectivity index (χ0) is 15.2. The van der Waals surface area contributed by atoms with Crippen LogP contribution in [0.1, 0.15) is 12.5 Å². The molecule has 1 aromatic heterocycles. The van der Waals surface area contributed by atoms with Gasteiger partial charge in [-0.2, -0.15) is 10.2 Å². The van der Waals surface area contributed by atoms with Gasteiger partial charge in [0.15, 0.2) is 0 Å². The van der Waals surface area contributed by atoms with E-state index in [9.17, 15) is 10.1 Å². The molecule has 0 aliphatic rings. The van der Waals surface area contributed by atoms with Crippen LogP contribution in [-0.4, -0.2) is 21.4 Å². The molecule has 0 fully saturated rings. The molecule has 2 aromatic rings. The maximum atomic E-state index is 11.2. The molecule has 0 unspecified atom stereocenters. The fraction of sp³-hybridized carbons (Fsp3) is 0.154. The largest absolute Gasteiger partial charge is 0.434 e. The van der Waals surface area contributed by atoms with Crippen LogP contribution in [-0.2, 0) is 0 Å². The first-order chi connectivity index (χ1) is 10.2. The number of nitriles is 1. The molecule has 21 heavy (non-hydrogen) atoms. The summed E-state index contributed by atoms with van der Waals surface area (Å²) in [5.74, 6) is 0.287. The summed E-state index contributed by atoms with van der Waals surface area (Å²) < 4.78 is 5.42. The molecule has 8 nitrogen and oxygen atoms in total. The van der Waals surface area contributed by atoms with Crippen LogP contribution < -0.4 is 10.1 Å². The van der Waals surface area contributed by atoms with Crippen molar-refractivity contribution in [2.45, 2.75) is 6.92 Å². The van der Waals surface area contributed by atoms with Crippen molar-refractivity contribution in [3.63, 3.8) is 0 Å². The summed E-state index contributed by atoms with van der Waals surface area (Å²) in [4.78, 5) is 18.2. The molecule has 1 N–H and O–H groups in total. The lowest BCUT2D eigenvalue weighted by atomic mass is 10.2. The van der Waals surface area contributed by atoms with Gasteiger partial charge in [-0.25, -0.2) is 4.98 Å². The predicted molar refractivity (Wildman–Crippen MR) is 74.1 cm³/mol. The molecule has 2 rings (SSSR count). The van der Waals surface area contributed by atoms with Crippen molar-refractivity contribution in [3.8, 4) is 17.7 Å². The first kappa shape index (κ1) is 14.2. The van der Waals surface area contributed by atoms with Gasteiger partial charge in [0.05, 0.1) is 16.6 Å². The van der Waals surface area contributed by atoms with E-state index in [1.54, 1.807) is 19.1 Å². The molecule has 1 heterocycles. The van der Waals surface area contributed by atoms with Crippen LogP contribution in [0.5, 0.6) is 11.6 Å². The van der Waals surface area contributed by atoms with Crippen molar-refractivity contribution in [3.05, 3.63) is 46.3 Å². The number of nitrogens with one attached hydrogen (secondary N) is 1. The number of aromatic nitrogens is 2. The van der Waals surface area contributed by atoms with Crippen molar-refractivity contribution in [1.82, 2.24) is 9.97 Å². The van der Waals surface area contributed by atoms with Crippen LogP contribution in [0.2, 0.25) is 0 Å². The lowest BCUT2D eigenvalue weighted by molar-refractivity contribution is -0.385. The summed E-state index contributed by atoms with van der Waals surface area (Å²) in [5.41, 5.74) is 0.136. The van der Waals surface area contributed by atoms with E-state index in [-0.39, 0.29) is 17.4 Å². The Morgan fingerprint density at radius 1 is 1.38 bits per heavy atom. The SMILES string of the molecule is CCNc1ncnc(Oc2ccc(C#N)cc2)c1[N+](=O)[O-]. The first-order valence-electron chi connectivity index (χ1n) is 6.07. The van der Waals surface area contributed by atoms with E-state index >= 15 is 0 Å². The Morgan fingerprint density at radius 2 is 2.10 bits per heavy atom. The molecule has 1 aromatic carbocycles. The number of benzene rings is 1. The molecule has 0 atom stereocenters. The number of hydrogen-bond donors (Lipinski definition) is 1.